The highest BCUT2D eigenvalue weighted by Gasteiger charge is 2.41. The summed E-state index contributed by atoms with van der Waals surface area (Å²) in [6.45, 7) is 4.13. The number of carboxylic acids is 1. The molecule has 0 aromatic rings. The van der Waals surface area contributed by atoms with Crippen LogP contribution in [0, 0.1) is 17.8 Å². The lowest BCUT2D eigenvalue weighted by Crippen LogP contribution is -2.28. The number of allylic oxidation sites excluding steroid dienone is 4. The van der Waals surface area contributed by atoms with E-state index in [1.54, 1.807) is 0 Å². The summed E-state index contributed by atoms with van der Waals surface area (Å²) in [7, 11) is 0. The zero-order chi connectivity index (χ0) is 15.7. The molecule has 0 heterocycles. The van der Waals surface area contributed by atoms with E-state index in [0.29, 0.717) is 19.3 Å². The molecule has 0 aliphatic heterocycles. The lowest BCUT2D eigenvalue weighted by Gasteiger charge is -2.24. The Morgan fingerprint density at radius 2 is 1.90 bits per heavy atom. The van der Waals surface area contributed by atoms with Crippen molar-refractivity contribution in [2.75, 3.05) is 0 Å². The van der Waals surface area contributed by atoms with E-state index in [1.807, 2.05) is 6.08 Å². The Balaban J connectivity index is 2.70. The molecule has 0 spiro atoms. The fraction of sp³-hybridized carbons (Fsp3) is 0.667. The largest absolute Gasteiger partial charge is 0.481 e. The number of hydrogen-bond donors (Lipinski definition) is 1. The van der Waals surface area contributed by atoms with Crippen LogP contribution in [0.2, 0.25) is 0 Å². The first kappa shape index (κ1) is 17.7. The van der Waals surface area contributed by atoms with E-state index in [0.717, 1.165) is 25.7 Å². The molecule has 3 nitrogen and oxygen atoms in total. The summed E-state index contributed by atoms with van der Waals surface area (Å²) in [5, 5.41) is 9.51. The third kappa shape index (κ3) is 5.49. The first-order valence-corrected chi connectivity index (χ1v) is 8.17. The molecule has 0 aromatic carbocycles. The second-order valence-electron chi connectivity index (χ2n) is 5.79. The quantitative estimate of drug-likeness (QED) is 0.641. The van der Waals surface area contributed by atoms with E-state index in [-0.39, 0.29) is 17.6 Å². The predicted molar refractivity (Wildman–Crippen MR) is 85.1 cm³/mol. The minimum absolute atomic E-state index is 0.00605. The Kier molecular flexibility index (Phi) is 8.03. The van der Waals surface area contributed by atoms with E-state index in [2.05, 4.69) is 32.1 Å². The molecule has 1 saturated carbocycles. The summed E-state index contributed by atoms with van der Waals surface area (Å²) in [5.41, 5.74) is 0. The van der Waals surface area contributed by atoms with E-state index >= 15 is 0 Å². The van der Waals surface area contributed by atoms with Crippen LogP contribution in [-0.4, -0.2) is 16.9 Å². The number of aliphatic carboxylic acids is 1. The van der Waals surface area contributed by atoms with Crippen molar-refractivity contribution in [1.82, 2.24) is 0 Å². The van der Waals surface area contributed by atoms with Gasteiger partial charge in [-0.25, -0.2) is 0 Å². The molecular formula is C18H28O3. The van der Waals surface area contributed by atoms with Crippen LogP contribution in [0.15, 0.2) is 24.3 Å². The first-order chi connectivity index (χ1) is 10.1. The molecular weight excluding hydrogens is 264 g/mol. The third-order valence-electron chi connectivity index (χ3n) is 4.33. The summed E-state index contributed by atoms with van der Waals surface area (Å²) in [5.74, 6) is -0.978. The average Bonchev–Trinajstić information content (AvgIpc) is 2.80. The fourth-order valence-electron chi connectivity index (χ4n) is 3.21. The Morgan fingerprint density at radius 1 is 1.24 bits per heavy atom. The molecule has 3 heteroatoms. The first-order valence-electron chi connectivity index (χ1n) is 8.17. The molecule has 0 radical (unpaired) electrons. The van der Waals surface area contributed by atoms with Crippen molar-refractivity contribution in [1.29, 1.82) is 0 Å². The van der Waals surface area contributed by atoms with Crippen molar-refractivity contribution >= 4 is 11.8 Å². The second kappa shape index (κ2) is 9.54. The molecule has 21 heavy (non-hydrogen) atoms. The van der Waals surface area contributed by atoms with Crippen molar-refractivity contribution in [3.63, 3.8) is 0 Å². The summed E-state index contributed by atoms with van der Waals surface area (Å²) < 4.78 is 0. The monoisotopic (exact) mass is 292 g/mol. The molecule has 1 N–H and O–H groups in total. The highest BCUT2D eigenvalue weighted by molar-refractivity contribution is 5.85. The van der Waals surface area contributed by atoms with Gasteiger partial charge in [-0.3, -0.25) is 9.59 Å². The lowest BCUT2D eigenvalue weighted by molar-refractivity contribution is -0.144. The van der Waals surface area contributed by atoms with Crippen molar-refractivity contribution in [2.45, 2.75) is 58.8 Å². The molecule has 0 amide bonds. The maximum absolute atomic E-state index is 12.0. The van der Waals surface area contributed by atoms with E-state index in [9.17, 15) is 14.7 Å². The maximum atomic E-state index is 12.0. The van der Waals surface area contributed by atoms with Gasteiger partial charge in [0.2, 0.25) is 0 Å². The van der Waals surface area contributed by atoms with Crippen molar-refractivity contribution < 1.29 is 14.7 Å². The van der Waals surface area contributed by atoms with Gasteiger partial charge in [-0.2, -0.15) is 0 Å². The number of ketones is 1. The van der Waals surface area contributed by atoms with Gasteiger partial charge in [-0.1, -0.05) is 38.2 Å². The summed E-state index contributed by atoms with van der Waals surface area (Å²) in [4.78, 5) is 23.6. The molecule has 1 aliphatic rings. The van der Waals surface area contributed by atoms with Gasteiger partial charge in [-0.15, -0.1) is 0 Å². The average molecular weight is 292 g/mol. The van der Waals surface area contributed by atoms with Crippen LogP contribution in [0.1, 0.15) is 58.8 Å². The predicted octanol–water partition coefficient (Wildman–Crippen LogP) is 4.39. The van der Waals surface area contributed by atoms with E-state index in [4.69, 9.17) is 0 Å². The standard InChI is InChI=1S/C18H28O3/c1-3-5-7-9-11-16(18(20)21)14-12-13-17(19)15(14)10-8-6-4-2/h5-8,14-16H,3-4,9-13H2,1-2H3,(H,20,21). The van der Waals surface area contributed by atoms with Gasteiger partial charge in [0, 0.05) is 12.3 Å². The highest BCUT2D eigenvalue weighted by Crippen LogP contribution is 2.39. The Labute approximate surface area is 128 Å². The number of carbonyl (C=O) groups is 2. The number of rotatable bonds is 9. The normalized spacial score (nSPS) is 24.2. The van der Waals surface area contributed by atoms with Crippen molar-refractivity contribution in [3.05, 3.63) is 24.3 Å². The summed E-state index contributed by atoms with van der Waals surface area (Å²) in [6, 6.07) is 0. The molecule has 3 atom stereocenters. The molecule has 1 rings (SSSR count). The maximum Gasteiger partial charge on any atom is 0.306 e. The van der Waals surface area contributed by atoms with Crippen LogP contribution < -0.4 is 0 Å². The SMILES string of the molecule is CCC=CCCC(C(=O)O)C1CCC(=O)C1CC=CCC. The number of carbonyl (C=O) groups excluding carboxylic acids is 1. The number of Topliss-reactive ketones (excluding diaryl/α,β-unsaturated/α-hetero) is 1. The van der Waals surface area contributed by atoms with Gasteiger partial charge in [0.15, 0.2) is 0 Å². The van der Waals surface area contributed by atoms with Gasteiger partial charge in [0.25, 0.3) is 0 Å². The van der Waals surface area contributed by atoms with Crippen LogP contribution in [0.5, 0.6) is 0 Å². The zero-order valence-corrected chi connectivity index (χ0v) is 13.3. The summed E-state index contributed by atoms with van der Waals surface area (Å²) in [6.07, 6.45) is 13.6. The molecule has 3 unspecified atom stereocenters. The number of carboxylic acid groups (broad SMARTS) is 1. The molecule has 0 saturated heterocycles. The lowest BCUT2D eigenvalue weighted by atomic mass is 9.79. The van der Waals surface area contributed by atoms with Gasteiger partial charge in [0.05, 0.1) is 5.92 Å². The van der Waals surface area contributed by atoms with Crippen LogP contribution in [-0.2, 0) is 9.59 Å². The van der Waals surface area contributed by atoms with E-state index in [1.165, 1.54) is 0 Å². The van der Waals surface area contributed by atoms with Crippen molar-refractivity contribution in [3.8, 4) is 0 Å². The van der Waals surface area contributed by atoms with Crippen LogP contribution in [0.3, 0.4) is 0 Å². The zero-order valence-electron chi connectivity index (χ0n) is 13.3. The topological polar surface area (TPSA) is 54.4 Å². The Hall–Kier alpha value is -1.38. The number of hydrogen-bond acceptors (Lipinski definition) is 2. The molecule has 1 aliphatic carbocycles. The molecule has 0 bridgehead atoms. The van der Waals surface area contributed by atoms with E-state index < -0.39 is 11.9 Å². The second-order valence-corrected chi connectivity index (χ2v) is 5.79. The minimum Gasteiger partial charge on any atom is -0.481 e. The van der Waals surface area contributed by atoms with Gasteiger partial charge < -0.3 is 5.11 Å². The molecule has 118 valence electrons. The van der Waals surface area contributed by atoms with Gasteiger partial charge in [0.1, 0.15) is 5.78 Å². The molecule has 1 fully saturated rings. The molecule has 0 aromatic heterocycles. The van der Waals surface area contributed by atoms with Crippen LogP contribution in [0.4, 0.5) is 0 Å². The van der Waals surface area contributed by atoms with Crippen LogP contribution >= 0.6 is 0 Å². The van der Waals surface area contributed by atoms with Crippen molar-refractivity contribution in [2.24, 2.45) is 17.8 Å². The van der Waals surface area contributed by atoms with Gasteiger partial charge >= 0.3 is 5.97 Å². The third-order valence-corrected chi connectivity index (χ3v) is 4.33. The van der Waals surface area contributed by atoms with Crippen LogP contribution in [0.25, 0.3) is 0 Å². The Bertz CT molecular complexity index is 395. The van der Waals surface area contributed by atoms with Gasteiger partial charge in [-0.05, 0) is 44.4 Å². The summed E-state index contributed by atoms with van der Waals surface area (Å²) >= 11 is 0. The minimum atomic E-state index is -0.746. The smallest absolute Gasteiger partial charge is 0.306 e. The Morgan fingerprint density at radius 3 is 2.52 bits per heavy atom. The fourth-order valence-corrected chi connectivity index (χ4v) is 3.21. The highest BCUT2D eigenvalue weighted by atomic mass is 16.4.